The number of benzene rings is 1. The first-order chi connectivity index (χ1) is 10.5. The van der Waals surface area contributed by atoms with Crippen LogP contribution in [0.5, 0.6) is 0 Å². The molecule has 0 saturated carbocycles. The Hall–Kier alpha value is -2.04. The minimum Gasteiger partial charge on any atom is -0.370 e. The molecule has 1 aromatic carbocycles. The number of likely N-dealkylation sites (N-methyl/N-ethyl adjacent to an activating group) is 1. The van der Waals surface area contributed by atoms with Crippen LogP contribution in [0.25, 0.3) is 0 Å². The molecule has 120 valence electrons. The van der Waals surface area contributed by atoms with E-state index in [2.05, 4.69) is 17.1 Å². The second kappa shape index (κ2) is 7.29. The van der Waals surface area contributed by atoms with Gasteiger partial charge in [-0.3, -0.25) is 9.59 Å². The number of likely N-dealkylation sites (tertiary alicyclic amines) is 1. The van der Waals surface area contributed by atoms with Crippen LogP contribution in [0.2, 0.25) is 0 Å². The minimum atomic E-state index is -0.299. The maximum atomic E-state index is 12.3. The van der Waals surface area contributed by atoms with Gasteiger partial charge >= 0.3 is 0 Å². The fraction of sp³-hybridized carbons (Fsp3) is 0.529. The molecule has 2 rings (SSSR count). The molecule has 0 unspecified atom stereocenters. The van der Waals surface area contributed by atoms with Crippen LogP contribution >= 0.6 is 0 Å². The van der Waals surface area contributed by atoms with Crippen LogP contribution in [0.1, 0.15) is 26.7 Å². The number of para-hydroxylation sites is 1. The Morgan fingerprint density at radius 1 is 1.36 bits per heavy atom. The van der Waals surface area contributed by atoms with E-state index in [1.54, 1.807) is 4.90 Å². The Morgan fingerprint density at radius 2 is 2.05 bits per heavy atom. The molecule has 1 aliphatic heterocycles. The van der Waals surface area contributed by atoms with Gasteiger partial charge in [0, 0.05) is 38.8 Å². The summed E-state index contributed by atoms with van der Waals surface area (Å²) in [5.41, 5.74) is 1.12. The molecule has 2 amide bonds. The van der Waals surface area contributed by atoms with Gasteiger partial charge in [0.2, 0.25) is 11.8 Å². The molecule has 1 heterocycles. The largest absolute Gasteiger partial charge is 0.370 e. The number of hydrogen-bond acceptors (Lipinski definition) is 3. The standard InChI is InChI=1S/C17H25N3O2/c1-13(19(3)15-8-5-4-6-9-15)12-18-17(22)16-10-7-11-20(16)14(2)21/h4-6,8-9,13,16H,7,10-12H2,1-3H3,(H,18,22)/t13-,16+/m0/s1. The number of nitrogens with one attached hydrogen (secondary N) is 1. The zero-order valence-corrected chi connectivity index (χ0v) is 13.6. The molecule has 1 fully saturated rings. The molecule has 0 radical (unpaired) electrons. The van der Waals surface area contributed by atoms with Crippen LogP contribution < -0.4 is 10.2 Å². The quantitative estimate of drug-likeness (QED) is 0.899. The van der Waals surface area contributed by atoms with Gasteiger partial charge in [-0.15, -0.1) is 0 Å². The SMILES string of the molecule is CC(=O)N1CCC[C@@H]1C(=O)NC[C@H](C)N(C)c1ccccc1. The van der Waals surface area contributed by atoms with Gasteiger partial charge in [0.1, 0.15) is 6.04 Å². The Labute approximate surface area is 132 Å². The molecule has 0 aromatic heterocycles. The predicted molar refractivity (Wildman–Crippen MR) is 87.7 cm³/mol. The number of nitrogens with zero attached hydrogens (tertiary/aromatic N) is 2. The highest BCUT2D eigenvalue weighted by atomic mass is 16.2. The van der Waals surface area contributed by atoms with Gasteiger partial charge in [-0.1, -0.05) is 18.2 Å². The molecule has 1 aliphatic rings. The first-order valence-electron chi connectivity index (χ1n) is 7.83. The van der Waals surface area contributed by atoms with Gasteiger partial charge in [-0.2, -0.15) is 0 Å². The average molecular weight is 303 g/mol. The van der Waals surface area contributed by atoms with Crippen LogP contribution in [-0.4, -0.2) is 48.9 Å². The summed E-state index contributed by atoms with van der Waals surface area (Å²) in [7, 11) is 2.02. The van der Waals surface area contributed by atoms with Crippen molar-refractivity contribution in [2.45, 2.75) is 38.8 Å². The lowest BCUT2D eigenvalue weighted by atomic mass is 10.2. The Kier molecular flexibility index (Phi) is 5.41. The summed E-state index contributed by atoms with van der Waals surface area (Å²) in [6.07, 6.45) is 1.66. The minimum absolute atomic E-state index is 0.0212. The fourth-order valence-electron chi connectivity index (χ4n) is 2.84. The molecule has 2 atom stereocenters. The monoisotopic (exact) mass is 303 g/mol. The van der Waals surface area contributed by atoms with Crippen LogP contribution in [-0.2, 0) is 9.59 Å². The molecular formula is C17H25N3O2. The second-order valence-corrected chi connectivity index (χ2v) is 5.91. The lowest BCUT2D eigenvalue weighted by molar-refractivity contribution is -0.136. The van der Waals surface area contributed by atoms with E-state index in [4.69, 9.17) is 0 Å². The maximum absolute atomic E-state index is 12.3. The summed E-state index contributed by atoms with van der Waals surface area (Å²) < 4.78 is 0. The van der Waals surface area contributed by atoms with Crippen LogP contribution in [0.3, 0.4) is 0 Å². The highest BCUT2D eigenvalue weighted by Crippen LogP contribution is 2.18. The van der Waals surface area contributed by atoms with Crippen molar-refractivity contribution in [3.05, 3.63) is 30.3 Å². The van der Waals surface area contributed by atoms with E-state index in [0.717, 1.165) is 18.5 Å². The lowest BCUT2D eigenvalue weighted by Crippen LogP contribution is -2.48. The van der Waals surface area contributed by atoms with Crippen molar-refractivity contribution in [3.8, 4) is 0 Å². The second-order valence-electron chi connectivity index (χ2n) is 5.91. The highest BCUT2D eigenvalue weighted by molar-refractivity contribution is 5.87. The molecule has 1 N–H and O–H groups in total. The first kappa shape index (κ1) is 16.3. The van der Waals surface area contributed by atoms with Crippen molar-refractivity contribution in [1.82, 2.24) is 10.2 Å². The van der Waals surface area contributed by atoms with Crippen LogP contribution in [0.15, 0.2) is 30.3 Å². The van der Waals surface area contributed by atoms with E-state index in [-0.39, 0.29) is 23.9 Å². The number of amides is 2. The maximum Gasteiger partial charge on any atom is 0.242 e. The molecule has 1 aromatic rings. The van der Waals surface area contributed by atoms with E-state index >= 15 is 0 Å². The number of rotatable bonds is 5. The lowest BCUT2D eigenvalue weighted by Gasteiger charge is -2.28. The molecule has 5 heteroatoms. The van der Waals surface area contributed by atoms with Gasteiger partial charge < -0.3 is 15.1 Å². The summed E-state index contributed by atoms with van der Waals surface area (Å²) >= 11 is 0. The predicted octanol–water partition coefficient (Wildman–Crippen LogP) is 1.64. The summed E-state index contributed by atoms with van der Waals surface area (Å²) in [5.74, 6) is -0.0619. The van der Waals surface area contributed by atoms with Gasteiger partial charge in [-0.25, -0.2) is 0 Å². The third-order valence-corrected chi connectivity index (χ3v) is 4.36. The van der Waals surface area contributed by atoms with Crippen molar-refractivity contribution < 1.29 is 9.59 Å². The van der Waals surface area contributed by atoms with E-state index < -0.39 is 0 Å². The molecule has 1 saturated heterocycles. The van der Waals surface area contributed by atoms with Crippen LogP contribution in [0.4, 0.5) is 5.69 Å². The number of hydrogen-bond donors (Lipinski definition) is 1. The van der Waals surface area contributed by atoms with E-state index in [1.807, 2.05) is 37.4 Å². The third-order valence-electron chi connectivity index (χ3n) is 4.36. The molecule has 0 spiro atoms. The topological polar surface area (TPSA) is 52.7 Å². The molecule has 0 bridgehead atoms. The molecule has 22 heavy (non-hydrogen) atoms. The van der Waals surface area contributed by atoms with E-state index in [1.165, 1.54) is 6.92 Å². The number of carbonyl (C=O) groups excluding carboxylic acids is 2. The number of anilines is 1. The van der Waals surface area contributed by atoms with Crippen molar-refractivity contribution in [3.63, 3.8) is 0 Å². The van der Waals surface area contributed by atoms with Crippen molar-refractivity contribution >= 4 is 17.5 Å². The number of carbonyl (C=O) groups is 2. The smallest absolute Gasteiger partial charge is 0.242 e. The fourth-order valence-corrected chi connectivity index (χ4v) is 2.84. The van der Waals surface area contributed by atoms with Crippen LogP contribution in [0, 0.1) is 0 Å². The highest BCUT2D eigenvalue weighted by Gasteiger charge is 2.32. The molecule has 0 aliphatic carbocycles. The van der Waals surface area contributed by atoms with Crippen molar-refractivity contribution in [2.24, 2.45) is 0 Å². The van der Waals surface area contributed by atoms with Gasteiger partial charge in [-0.05, 0) is 31.9 Å². The van der Waals surface area contributed by atoms with Crippen molar-refractivity contribution in [2.75, 3.05) is 25.0 Å². The average Bonchev–Trinajstić information content (AvgIpc) is 3.02. The Morgan fingerprint density at radius 3 is 2.68 bits per heavy atom. The summed E-state index contributed by atoms with van der Waals surface area (Å²) in [4.78, 5) is 27.6. The van der Waals surface area contributed by atoms with Gasteiger partial charge in [0.25, 0.3) is 0 Å². The summed E-state index contributed by atoms with van der Waals surface area (Å²) in [5, 5.41) is 2.99. The molecular weight excluding hydrogens is 278 g/mol. The van der Waals surface area contributed by atoms with Gasteiger partial charge in [0.05, 0.1) is 0 Å². The van der Waals surface area contributed by atoms with Gasteiger partial charge in [0.15, 0.2) is 0 Å². The third kappa shape index (κ3) is 3.78. The normalized spacial score (nSPS) is 18.9. The zero-order chi connectivity index (χ0) is 16.1. The summed E-state index contributed by atoms with van der Waals surface area (Å²) in [6.45, 7) is 4.85. The first-order valence-corrected chi connectivity index (χ1v) is 7.83. The van der Waals surface area contributed by atoms with Crippen molar-refractivity contribution in [1.29, 1.82) is 0 Å². The van der Waals surface area contributed by atoms with E-state index in [0.29, 0.717) is 13.1 Å². The Bertz CT molecular complexity index is 518. The molecule has 5 nitrogen and oxygen atoms in total. The van der Waals surface area contributed by atoms with E-state index in [9.17, 15) is 9.59 Å². The Balaban J connectivity index is 1.87. The zero-order valence-electron chi connectivity index (χ0n) is 13.6. The summed E-state index contributed by atoms with van der Waals surface area (Å²) in [6, 6.07) is 9.96.